The zero-order valence-corrected chi connectivity index (χ0v) is 13.3. The normalized spacial score (nSPS) is 38.7. The van der Waals surface area contributed by atoms with Crippen molar-refractivity contribution in [2.75, 3.05) is 5.75 Å². The van der Waals surface area contributed by atoms with E-state index in [2.05, 4.69) is 5.32 Å². The van der Waals surface area contributed by atoms with Crippen LogP contribution in [0, 0.1) is 5.92 Å². The lowest BCUT2D eigenvalue weighted by atomic mass is 9.89. The smallest absolute Gasteiger partial charge is 0.327 e. The van der Waals surface area contributed by atoms with Gasteiger partial charge >= 0.3 is 5.97 Å². The number of carboxylic acids is 1. The molecule has 3 heterocycles. The Bertz CT molecular complexity index is 419. The second kappa shape index (κ2) is 6.16. The Morgan fingerprint density at radius 3 is 2.52 bits per heavy atom. The Morgan fingerprint density at radius 2 is 1.95 bits per heavy atom. The Balaban J connectivity index is 1.64. The number of carbonyl (C=O) groups excluding carboxylic acids is 1. The highest BCUT2D eigenvalue weighted by molar-refractivity contribution is 8.00. The Morgan fingerprint density at radius 1 is 1.29 bits per heavy atom. The van der Waals surface area contributed by atoms with Crippen LogP contribution in [0.15, 0.2) is 0 Å². The molecule has 0 aromatic heterocycles. The van der Waals surface area contributed by atoms with E-state index in [1.54, 1.807) is 16.7 Å². The van der Waals surface area contributed by atoms with Crippen molar-refractivity contribution in [1.29, 1.82) is 0 Å². The molecule has 3 aliphatic rings. The maximum absolute atomic E-state index is 12.7. The van der Waals surface area contributed by atoms with E-state index < -0.39 is 12.0 Å². The molecule has 118 valence electrons. The van der Waals surface area contributed by atoms with Crippen molar-refractivity contribution in [2.24, 2.45) is 5.92 Å². The summed E-state index contributed by atoms with van der Waals surface area (Å²) in [4.78, 5) is 25.7. The van der Waals surface area contributed by atoms with Gasteiger partial charge in [0.15, 0.2) is 0 Å². The van der Waals surface area contributed by atoms with Crippen LogP contribution in [0.4, 0.5) is 0 Å². The summed E-state index contributed by atoms with van der Waals surface area (Å²) in [5, 5.41) is 13.0. The van der Waals surface area contributed by atoms with Crippen LogP contribution in [-0.4, -0.2) is 51.1 Å². The first-order chi connectivity index (χ1) is 10.1. The molecule has 21 heavy (non-hydrogen) atoms. The Hall–Kier alpha value is -0.750. The number of piperidine rings is 1. The molecule has 4 atom stereocenters. The van der Waals surface area contributed by atoms with E-state index in [0.717, 1.165) is 19.3 Å². The SMILES string of the molecule is CCC1SCC(C(=O)O)N1C(=O)CC1CC2CCC(C1)N2. The molecule has 2 N–H and O–H groups in total. The maximum Gasteiger partial charge on any atom is 0.327 e. The minimum Gasteiger partial charge on any atom is -0.480 e. The van der Waals surface area contributed by atoms with Crippen LogP contribution in [-0.2, 0) is 9.59 Å². The standard InChI is InChI=1S/C15H24N2O3S/c1-2-14-17(12(8-21-14)15(19)20)13(18)7-9-5-10-3-4-11(6-9)16-10/h9-12,14,16H,2-8H2,1H3,(H,19,20). The van der Waals surface area contributed by atoms with Gasteiger partial charge in [-0.3, -0.25) is 4.79 Å². The average Bonchev–Trinajstić information content (AvgIpc) is 3.02. The van der Waals surface area contributed by atoms with Crippen LogP contribution in [0.25, 0.3) is 0 Å². The molecular weight excluding hydrogens is 288 g/mol. The topological polar surface area (TPSA) is 69.6 Å². The van der Waals surface area contributed by atoms with E-state index in [1.165, 1.54) is 12.8 Å². The van der Waals surface area contributed by atoms with Gasteiger partial charge in [0.2, 0.25) is 5.91 Å². The molecule has 0 saturated carbocycles. The van der Waals surface area contributed by atoms with Crippen molar-refractivity contribution in [2.45, 2.75) is 68.9 Å². The number of fused-ring (bicyclic) bond motifs is 2. The van der Waals surface area contributed by atoms with Gasteiger partial charge in [-0.15, -0.1) is 11.8 Å². The third-order valence-corrected chi connectivity index (χ3v) is 6.50. The quantitative estimate of drug-likeness (QED) is 0.826. The number of nitrogens with one attached hydrogen (secondary N) is 1. The molecule has 1 amide bonds. The lowest BCUT2D eigenvalue weighted by molar-refractivity contribution is -0.149. The third kappa shape index (κ3) is 3.06. The predicted octanol–water partition coefficient (Wildman–Crippen LogP) is 1.67. The monoisotopic (exact) mass is 312 g/mol. The molecule has 3 rings (SSSR count). The highest BCUT2D eigenvalue weighted by atomic mass is 32.2. The van der Waals surface area contributed by atoms with E-state index in [-0.39, 0.29) is 11.3 Å². The number of aliphatic carboxylic acids is 1. The molecule has 0 aliphatic carbocycles. The van der Waals surface area contributed by atoms with E-state index in [4.69, 9.17) is 0 Å². The van der Waals surface area contributed by atoms with Gasteiger partial charge in [0, 0.05) is 24.3 Å². The summed E-state index contributed by atoms with van der Waals surface area (Å²) in [6.45, 7) is 2.02. The number of hydrogen-bond acceptors (Lipinski definition) is 4. The van der Waals surface area contributed by atoms with E-state index in [0.29, 0.717) is 30.2 Å². The molecular formula is C15H24N2O3S. The molecule has 6 heteroatoms. The highest BCUT2D eigenvalue weighted by Gasteiger charge is 2.42. The number of amides is 1. The molecule has 4 unspecified atom stereocenters. The zero-order valence-electron chi connectivity index (χ0n) is 12.5. The molecule has 0 aromatic carbocycles. The number of hydrogen-bond donors (Lipinski definition) is 2. The molecule has 0 aromatic rings. The van der Waals surface area contributed by atoms with Gasteiger partial charge in [-0.25, -0.2) is 4.79 Å². The average molecular weight is 312 g/mol. The van der Waals surface area contributed by atoms with Gasteiger partial charge in [-0.05, 0) is 38.0 Å². The van der Waals surface area contributed by atoms with Crippen molar-refractivity contribution >= 4 is 23.6 Å². The summed E-state index contributed by atoms with van der Waals surface area (Å²) in [7, 11) is 0. The Labute approximate surface area is 129 Å². The van der Waals surface area contributed by atoms with Crippen LogP contribution in [0.2, 0.25) is 0 Å². The predicted molar refractivity (Wildman–Crippen MR) is 82.1 cm³/mol. The fourth-order valence-corrected chi connectivity index (χ4v) is 5.47. The van der Waals surface area contributed by atoms with Crippen molar-refractivity contribution in [3.05, 3.63) is 0 Å². The summed E-state index contributed by atoms with van der Waals surface area (Å²) in [6.07, 6.45) is 5.93. The molecule has 0 spiro atoms. The maximum atomic E-state index is 12.7. The van der Waals surface area contributed by atoms with Gasteiger partial charge in [0.1, 0.15) is 6.04 Å². The number of nitrogens with zero attached hydrogens (tertiary/aromatic N) is 1. The van der Waals surface area contributed by atoms with Crippen molar-refractivity contribution in [1.82, 2.24) is 10.2 Å². The molecule has 3 aliphatic heterocycles. The van der Waals surface area contributed by atoms with Crippen molar-refractivity contribution in [3.8, 4) is 0 Å². The summed E-state index contributed by atoms with van der Waals surface area (Å²) in [5.74, 6) is 0.133. The number of rotatable bonds is 4. The number of carboxylic acid groups (broad SMARTS) is 1. The van der Waals surface area contributed by atoms with Gasteiger partial charge < -0.3 is 15.3 Å². The zero-order chi connectivity index (χ0) is 15.0. The fourth-order valence-electron chi connectivity index (χ4n) is 4.10. The summed E-state index contributed by atoms with van der Waals surface area (Å²) in [6, 6.07) is 0.518. The van der Waals surface area contributed by atoms with Gasteiger partial charge in [0.25, 0.3) is 0 Å². The Kier molecular flexibility index (Phi) is 4.45. The molecule has 3 saturated heterocycles. The summed E-state index contributed by atoms with van der Waals surface area (Å²) >= 11 is 1.60. The molecule has 0 radical (unpaired) electrons. The van der Waals surface area contributed by atoms with Gasteiger partial charge in [-0.1, -0.05) is 6.92 Å². The summed E-state index contributed by atoms with van der Waals surface area (Å²) < 4.78 is 0. The van der Waals surface area contributed by atoms with Crippen LogP contribution in [0.5, 0.6) is 0 Å². The summed E-state index contributed by atoms with van der Waals surface area (Å²) in [5.41, 5.74) is 0. The minimum atomic E-state index is -0.864. The van der Waals surface area contributed by atoms with Crippen LogP contribution in [0.3, 0.4) is 0 Å². The van der Waals surface area contributed by atoms with Crippen LogP contribution < -0.4 is 5.32 Å². The molecule has 2 bridgehead atoms. The van der Waals surface area contributed by atoms with Gasteiger partial charge in [0.05, 0.1) is 5.37 Å². The van der Waals surface area contributed by atoms with Crippen LogP contribution in [0.1, 0.15) is 45.4 Å². The molecule has 3 fully saturated rings. The van der Waals surface area contributed by atoms with E-state index >= 15 is 0 Å². The highest BCUT2D eigenvalue weighted by Crippen LogP contribution is 2.36. The first-order valence-electron chi connectivity index (χ1n) is 8.00. The minimum absolute atomic E-state index is 0.0389. The fraction of sp³-hybridized carbons (Fsp3) is 0.867. The first-order valence-corrected chi connectivity index (χ1v) is 9.05. The largest absolute Gasteiger partial charge is 0.480 e. The van der Waals surface area contributed by atoms with E-state index in [9.17, 15) is 14.7 Å². The lowest BCUT2D eigenvalue weighted by Crippen LogP contribution is -2.47. The van der Waals surface area contributed by atoms with Crippen LogP contribution >= 0.6 is 11.8 Å². The van der Waals surface area contributed by atoms with Crippen molar-refractivity contribution in [3.63, 3.8) is 0 Å². The third-order valence-electron chi connectivity index (χ3n) is 5.05. The van der Waals surface area contributed by atoms with Crippen molar-refractivity contribution < 1.29 is 14.7 Å². The van der Waals surface area contributed by atoms with Gasteiger partial charge in [-0.2, -0.15) is 0 Å². The number of carbonyl (C=O) groups is 2. The second-order valence-electron chi connectivity index (χ2n) is 6.53. The number of thioether (sulfide) groups is 1. The van der Waals surface area contributed by atoms with E-state index in [1.807, 2.05) is 6.92 Å². The second-order valence-corrected chi connectivity index (χ2v) is 7.74. The molecule has 5 nitrogen and oxygen atoms in total. The lowest BCUT2D eigenvalue weighted by Gasteiger charge is -2.32. The first kappa shape index (κ1) is 15.2.